The van der Waals surface area contributed by atoms with Crippen LogP contribution in [0.3, 0.4) is 0 Å². The highest BCUT2D eigenvalue weighted by atomic mass is 35.5. The van der Waals surface area contributed by atoms with Gasteiger partial charge in [0.05, 0.1) is 0 Å². The molecule has 98 valence electrons. The van der Waals surface area contributed by atoms with E-state index in [1.54, 1.807) is 24.3 Å². The number of ether oxygens (including phenoxy) is 1. The lowest BCUT2D eigenvalue weighted by Gasteiger charge is -2.08. The molecule has 2 aromatic carbocycles. The second kappa shape index (κ2) is 5.59. The molecule has 0 aliphatic heterocycles. The third-order valence-electron chi connectivity index (χ3n) is 2.25. The van der Waals surface area contributed by atoms with Gasteiger partial charge >= 0.3 is 0 Å². The van der Waals surface area contributed by atoms with E-state index in [-0.39, 0.29) is 10.8 Å². The Balaban J connectivity index is 2.22. The molecule has 0 saturated heterocycles. The van der Waals surface area contributed by atoms with Crippen LogP contribution in [0.4, 0.5) is 13.2 Å². The average molecular weight is 303 g/mol. The molecule has 0 aromatic heterocycles. The Hall–Kier alpha value is -1.59. The van der Waals surface area contributed by atoms with Crippen LogP contribution in [0.2, 0.25) is 5.02 Å². The molecule has 0 aliphatic carbocycles. The van der Waals surface area contributed by atoms with E-state index in [1.807, 2.05) is 0 Å². The molecule has 19 heavy (non-hydrogen) atoms. The van der Waals surface area contributed by atoms with Gasteiger partial charge in [-0.15, -0.1) is 0 Å². The van der Waals surface area contributed by atoms with Gasteiger partial charge in [0.15, 0.2) is 22.5 Å². The van der Waals surface area contributed by atoms with Crippen molar-refractivity contribution in [3.63, 3.8) is 0 Å². The van der Waals surface area contributed by atoms with Crippen LogP contribution < -0.4 is 4.74 Å². The van der Waals surface area contributed by atoms with E-state index in [0.29, 0.717) is 10.6 Å². The van der Waals surface area contributed by atoms with Crippen molar-refractivity contribution in [2.24, 2.45) is 0 Å². The molecule has 2 rings (SSSR count). The molecule has 0 fully saturated rings. The van der Waals surface area contributed by atoms with Crippen molar-refractivity contribution in [1.29, 1.82) is 0 Å². The average Bonchev–Trinajstić information content (AvgIpc) is 2.36. The van der Waals surface area contributed by atoms with Crippen molar-refractivity contribution < 1.29 is 17.9 Å². The fraction of sp³-hybridized carbons (Fsp3) is 0. The fourth-order valence-corrected chi connectivity index (χ4v) is 1.70. The zero-order valence-corrected chi connectivity index (χ0v) is 10.9. The lowest BCUT2D eigenvalue weighted by molar-refractivity contribution is 0.436. The molecule has 0 saturated carbocycles. The van der Waals surface area contributed by atoms with E-state index < -0.39 is 17.5 Å². The minimum absolute atomic E-state index is 0.00192. The lowest BCUT2D eigenvalue weighted by Crippen LogP contribution is -2.07. The Labute approximate surface area is 117 Å². The van der Waals surface area contributed by atoms with Gasteiger partial charge in [-0.1, -0.05) is 11.6 Å². The maximum atomic E-state index is 13.0. The molecule has 0 aliphatic rings. The normalized spacial score (nSPS) is 10.3. The van der Waals surface area contributed by atoms with Gasteiger partial charge in [-0.3, -0.25) is 0 Å². The minimum atomic E-state index is -1.55. The molecule has 6 heteroatoms. The quantitative estimate of drug-likeness (QED) is 0.596. The number of halogens is 4. The molecule has 0 unspecified atom stereocenters. The Morgan fingerprint density at radius 1 is 1.00 bits per heavy atom. The number of hydrogen-bond acceptors (Lipinski definition) is 2. The van der Waals surface area contributed by atoms with Gasteiger partial charge in [0.25, 0.3) is 0 Å². The first-order chi connectivity index (χ1) is 8.97. The van der Waals surface area contributed by atoms with E-state index in [2.05, 4.69) is 0 Å². The number of thiocarbonyl (C=S) groups is 1. The maximum Gasteiger partial charge on any atom is 0.198 e. The molecule has 0 heterocycles. The summed E-state index contributed by atoms with van der Waals surface area (Å²) in [5, 5.41) is 0.521. The predicted molar refractivity (Wildman–Crippen MR) is 70.1 cm³/mol. The summed E-state index contributed by atoms with van der Waals surface area (Å²) in [5.41, 5.74) is 0.518. The van der Waals surface area contributed by atoms with Crippen LogP contribution in [-0.2, 0) is 0 Å². The number of rotatable bonds is 2. The second-order valence-electron chi connectivity index (χ2n) is 3.60. The van der Waals surface area contributed by atoms with Gasteiger partial charge in [-0.05, 0) is 36.5 Å². The molecule has 2 aromatic rings. The molecule has 0 N–H and O–H groups in total. The molecule has 0 amide bonds. The summed E-state index contributed by atoms with van der Waals surface area (Å²) >= 11 is 10.7. The molecule has 0 bridgehead atoms. The molecular weight excluding hydrogens is 297 g/mol. The molecular formula is C13H6ClF3OS. The van der Waals surface area contributed by atoms with Gasteiger partial charge in [0.1, 0.15) is 5.75 Å². The molecule has 0 radical (unpaired) electrons. The van der Waals surface area contributed by atoms with Gasteiger partial charge in [-0.2, -0.15) is 0 Å². The highest BCUT2D eigenvalue weighted by molar-refractivity contribution is 7.80. The summed E-state index contributed by atoms with van der Waals surface area (Å²) < 4.78 is 43.8. The van der Waals surface area contributed by atoms with Crippen molar-refractivity contribution in [1.82, 2.24) is 0 Å². The largest absolute Gasteiger partial charge is 0.445 e. The van der Waals surface area contributed by atoms with E-state index in [9.17, 15) is 13.2 Å². The van der Waals surface area contributed by atoms with Crippen molar-refractivity contribution in [2.45, 2.75) is 0 Å². The van der Waals surface area contributed by atoms with Gasteiger partial charge in [-0.25, -0.2) is 13.2 Å². The van der Waals surface area contributed by atoms with Crippen molar-refractivity contribution in [2.75, 3.05) is 0 Å². The second-order valence-corrected chi connectivity index (χ2v) is 4.40. The van der Waals surface area contributed by atoms with E-state index in [0.717, 1.165) is 12.1 Å². The third-order valence-corrected chi connectivity index (χ3v) is 2.82. The number of hydrogen-bond donors (Lipinski definition) is 0. The Morgan fingerprint density at radius 2 is 1.53 bits per heavy atom. The maximum absolute atomic E-state index is 13.0. The molecule has 1 nitrogen and oxygen atoms in total. The van der Waals surface area contributed by atoms with Crippen LogP contribution in [-0.4, -0.2) is 5.05 Å². The van der Waals surface area contributed by atoms with Crippen LogP contribution in [0, 0.1) is 17.5 Å². The summed E-state index contributed by atoms with van der Waals surface area (Å²) in [7, 11) is 0. The summed E-state index contributed by atoms with van der Waals surface area (Å²) in [4.78, 5) is 0. The summed E-state index contributed by atoms with van der Waals surface area (Å²) in [5.74, 6) is -4.44. The predicted octanol–water partition coefficient (Wildman–Crippen LogP) is 4.51. The smallest absolute Gasteiger partial charge is 0.198 e. The first-order valence-corrected chi connectivity index (χ1v) is 5.88. The van der Waals surface area contributed by atoms with E-state index in [4.69, 9.17) is 28.6 Å². The van der Waals surface area contributed by atoms with Crippen LogP contribution in [0.1, 0.15) is 5.56 Å². The van der Waals surface area contributed by atoms with Gasteiger partial charge in [0.2, 0.25) is 0 Å². The minimum Gasteiger partial charge on any atom is -0.445 e. The fourth-order valence-electron chi connectivity index (χ4n) is 1.34. The zero-order valence-electron chi connectivity index (χ0n) is 9.29. The van der Waals surface area contributed by atoms with Crippen molar-refractivity contribution >= 4 is 28.9 Å². The summed E-state index contributed by atoms with van der Waals surface area (Å²) in [6, 6.07) is 7.83. The summed E-state index contributed by atoms with van der Waals surface area (Å²) in [6.45, 7) is 0. The van der Waals surface area contributed by atoms with Crippen molar-refractivity contribution in [3.8, 4) is 5.75 Å². The first kappa shape index (κ1) is 13.8. The van der Waals surface area contributed by atoms with Crippen LogP contribution in [0.5, 0.6) is 5.75 Å². The topological polar surface area (TPSA) is 9.23 Å². The van der Waals surface area contributed by atoms with E-state index in [1.165, 1.54) is 0 Å². The Morgan fingerprint density at radius 3 is 2.05 bits per heavy atom. The molecule has 0 spiro atoms. The first-order valence-electron chi connectivity index (χ1n) is 5.09. The standard InChI is InChI=1S/C13H6ClF3OS/c14-8-3-1-7(2-4-8)13(19)18-9-5-10(15)12(17)11(16)6-9/h1-6H. The van der Waals surface area contributed by atoms with Gasteiger partial charge < -0.3 is 4.74 Å². The lowest BCUT2D eigenvalue weighted by atomic mass is 10.2. The Kier molecular flexibility index (Phi) is 4.07. The van der Waals surface area contributed by atoms with Crippen molar-refractivity contribution in [3.05, 3.63) is 64.4 Å². The SMILES string of the molecule is Fc1cc(OC(=S)c2ccc(Cl)cc2)cc(F)c1F. The Bertz CT molecular complexity index is 605. The third kappa shape index (κ3) is 3.24. The van der Waals surface area contributed by atoms with Crippen LogP contribution >= 0.6 is 23.8 Å². The molecule has 0 atom stereocenters. The van der Waals surface area contributed by atoms with E-state index >= 15 is 0 Å². The number of benzene rings is 2. The highest BCUT2D eigenvalue weighted by Crippen LogP contribution is 2.21. The zero-order chi connectivity index (χ0) is 14.0. The van der Waals surface area contributed by atoms with Crippen LogP contribution in [0.15, 0.2) is 36.4 Å². The van der Waals surface area contributed by atoms with Crippen LogP contribution in [0.25, 0.3) is 0 Å². The highest BCUT2D eigenvalue weighted by Gasteiger charge is 2.13. The monoisotopic (exact) mass is 302 g/mol. The van der Waals surface area contributed by atoms with Gasteiger partial charge in [0, 0.05) is 22.7 Å². The summed E-state index contributed by atoms with van der Waals surface area (Å²) in [6.07, 6.45) is 0.